The van der Waals surface area contributed by atoms with E-state index in [-0.39, 0.29) is 11.1 Å². The molecule has 8 saturated carbocycles. The highest BCUT2D eigenvalue weighted by atomic mass is 32.1. The van der Waals surface area contributed by atoms with E-state index in [0.717, 1.165) is 45.7 Å². The number of rotatable bonds is 2. The molecule has 0 aromatic heterocycles. The highest BCUT2D eigenvalue weighted by Gasteiger charge is 2.52. The van der Waals surface area contributed by atoms with Gasteiger partial charge in [-0.1, -0.05) is 0 Å². The first-order valence-electron chi connectivity index (χ1n) is 11.4. The molecule has 0 aromatic carbocycles. The summed E-state index contributed by atoms with van der Waals surface area (Å²) in [5, 5.41) is 12.4. The van der Waals surface area contributed by atoms with Gasteiger partial charge in [0.2, 0.25) is 0 Å². The minimum Gasteiger partial charge on any atom is -0.357 e. The maximum atomic E-state index is 5.73. The summed E-state index contributed by atoms with van der Waals surface area (Å²) in [4.78, 5) is 0. The van der Waals surface area contributed by atoms with Gasteiger partial charge >= 0.3 is 0 Å². The van der Waals surface area contributed by atoms with Crippen molar-refractivity contribution in [1.29, 1.82) is 0 Å². The number of thiocarbonyl (C=S) groups is 2. The van der Waals surface area contributed by atoms with Gasteiger partial charge in [0.15, 0.2) is 10.2 Å². The summed E-state index contributed by atoms with van der Waals surface area (Å²) >= 11 is 11.5. The van der Waals surface area contributed by atoms with Crippen LogP contribution in [0.15, 0.2) is 0 Å². The van der Waals surface area contributed by atoms with Crippen LogP contribution in [0.3, 0.4) is 0 Å². The molecule has 0 heterocycles. The van der Waals surface area contributed by atoms with Crippen molar-refractivity contribution >= 4 is 34.7 Å². The molecule has 8 bridgehead atoms. The van der Waals surface area contributed by atoms with Gasteiger partial charge in [-0.25, -0.2) is 0 Å². The quantitative estimate of drug-likeness (QED) is 0.601. The SMILES string of the molecule is S=C(NC(=S)NC12CC3CC(CC(C3)C1)C2)NC12CC3CC(CC(C3)C1)C2. The Morgan fingerprint density at radius 1 is 0.519 bits per heavy atom. The molecule has 8 rings (SSSR count). The van der Waals surface area contributed by atoms with Crippen LogP contribution in [-0.4, -0.2) is 21.3 Å². The van der Waals surface area contributed by atoms with Crippen molar-refractivity contribution in [2.24, 2.45) is 35.5 Å². The maximum absolute atomic E-state index is 5.73. The summed E-state index contributed by atoms with van der Waals surface area (Å²) in [5.41, 5.74) is 0.518. The Hall–Kier alpha value is -0.420. The van der Waals surface area contributed by atoms with E-state index in [2.05, 4.69) is 16.0 Å². The molecule has 0 radical (unpaired) electrons. The van der Waals surface area contributed by atoms with E-state index in [1.54, 1.807) is 0 Å². The van der Waals surface area contributed by atoms with E-state index in [0.29, 0.717) is 0 Å². The highest BCUT2D eigenvalue weighted by molar-refractivity contribution is 7.81. The van der Waals surface area contributed by atoms with Crippen LogP contribution in [0.1, 0.15) is 77.0 Å². The molecule has 8 aliphatic carbocycles. The molecule has 0 unspecified atom stereocenters. The van der Waals surface area contributed by atoms with Crippen molar-refractivity contribution in [1.82, 2.24) is 16.0 Å². The fraction of sp³-hybridized carbons (Fsp3) is 0.909. The lowest BCUT2D eigenvalue weighted by Crippen LogP contribution is -2.64. The molecule has 0 spiro atoms. The van der Waals surface area contributed by atoms with E-state index < -0.39 is 0 Å². The van der Waals surface area contributed by atoms with Gasteiger partial charge in [-0.15, -0.1) is 0 Å². The lowest BCUT2D eigenvalue weighted by atomic mass is 9.53. The van der Waals surface area contributed by atoms with Crippen LogP contribution >= 0.6 is 24.4 Å². The lowest BCUT2D eigenvalue weighted by Gasteiger charge is -2.57. The average Bonchev–Trinajstić information content (AvgIpc) is 2.50. The van der Waals surface area contributed by atoms with E-state index in [1.807, 2.05) is 0 Å². The van der Waals surface area contributed by atoms with E-state index in [4.69, 9.17) is 24.4 Å². The highest BCUT2D eigenvalue weighted by Crippen LogP contribution is 2.56. The van der Waals surface area contributed by atoms with Gasteiger partial charge in [-0.3, -0.25) is 0 Å². The summed E-state index contributed by atoms with van der Waals surface area (Å²) in [6.45, 7) is 0. The van der Waals surface area contributed by atoms with Crippen molar-refractivity contribution in [2.45, 2.75) is 88.1 Å². The molecular weight excluding hydrogens is 370 g/mol. The fourth-order valence-electron chi connectivity index (χ4n) is 9.17. The van der Waals surface area contributed by atoms with Crippen LogP contribution in [0.5, 0.6) is 0 Å². The van der Waals surface area contributed by atoms with Crippen LogP contribution in [-0.2, 0) is 0 Å². The average molecular weight is 404 g/mol. The topological polar surface area (TPSA) is 36.1 Å². The zero-order chi connectivity index (χ0) is 18.2. The Balaban J connectivity index is 1.08. The Morgan fingerprint density at radius 2 is 0.778 bits per heavy atom. The monoisotopic (exact) mass is 403 g/mol. The summed E-state index contributed by atoms with van der Waals surface area (Å²) in [5.74, 6) is 5.60. The Labute approximate surface area is 174 Å². The first kappa shape index (κ1) is 17.4. The third kappa shape index (κ3) is 3.11. The van der Waals surface area contributed by atoms with E-state index >= 15 is 0 Å². The van der Waals surface area contributed by atoms with Crippen molar-refractivity contribution in [3.05, 3.63) is 0 Å². The normalized spacial score (nSPS) is 51.3. The molecule has 8 fully saturated rings. The number of hydrogen-bond acceptors (Lipinski definition) is 2. The van der Waals surface area contributed by atoms with Gasteiger partial charge in [0.25, 0.3) is 0 Å². The lowest BCUT2D eigenvalue weighted by molar-refractivity contribution is -0.0107. The summed E-state index contributed by atoms with van der Waals surface area (Å²) in [7, 11) is 0. The van der Waals surface area contributed by atoms with Gasteiger partial charge in [0.1, 0.15) is 0 Å². The summed E-state index contributed by atoms with van der Waals surface area (Å²) in [6, 6.07) is 0. The minimum absolute atomic E-state index is 0.259. The first-order valence-corrected chi connectivity index (χ1v) is 12.2. The van der Waals surface area contributed by atoms with E-state index in [1.165, 1.54) is 77.0 Å². The molecule has 0 saturated heterocycles. The number of hydrogen-bond donors (Lipinski definition) is 3. The second kappa shape index (κ2) is 6.04. The van der Waals surface area contributed by atoms with Crippen LogP contribution in [0.25, 0.3) is 0 Å². The largest absolute Gasteiger partial charge is 0.357 e. The van der Waals surface area contributed by atoms with Crippen LogP contribution in [0.4, 0.5) is 0 Å². The van der Waals surface area contributed by atoms with Crippen LogP contribution in [0, 0.1) is 35.5 Å². The van der Waals surface area contributed by atoms with Crippen molar-refractivity contribution in [3.8, 4) is 0 Å². The zero-order valence-corrected chi connectivity index (χ0v) is 17.9. The molecule has 5 heteroatoms. The van der Waals surface area contributed by atoms with Crippen molar-refractivity contribution < 1.29 is 0 Å². The molecule has 0 aliphatic heterocycles. The third-order valence-corrected chi connectivity index (χ3v) is 9.47. The molecule has 148 valence electrons. The molecule has 8 aliphatic rings. The van der Waals surface area contributed by atoms with Crippen molar-refractivity contribution in [2.75, 3.05) is 0 Å². The first-order chi connectivity index (χ1) is 13.0. The molecule has 0 aromatic rings. The standard InChI is InChI=1S/C22H33N3S2/c26-19(24-21-7-13-1-14(8-21)3-15(2-13)9-21)23-20(27)25-22-10-16-4-17(11-22)6-18(5-16)12-22/h13-18H,1-12H2,(H3,23,24,25,26,27). The molecular formula is C22H33N3S2. The van der Waals surface area contributed by atoms with Gasteiger partial charge < -0.3 is 16.0 Å². The maximum Gasteiger partial charge on any atom is 0.172 e. The van der Waals surface area contributed by atoms with Gasteiger partial charge in [0.05, 0.1) is 0 Å². The smallest absolute Gasteiger partial charge is 0.172 e. The summed E-state index contributed by atoms with van der Waals surface area (Å²) < 4.78 is 0. The minimum atomic E-state index is 0.259. The number of nitrogens with one attached hydrogen (secondary N) is 3. The fourth-order valence-corrected chi connectivity index (χ4v) is 9.88. The Kier molecular flexibility index (Phi) is 3.90. The predicted octanol–water partition coefficient (Wildman–Crippen LogP) is 4.26. The third-order valence-electron chi connectivity index (χ3n) is 9.06. The second-order valence-corrected chi connectivity index (χ2v) is 12.2. The Morgan fingerprint density at radius 3 is 1.04 bits per heavy atom. The molecule has 27 heavy (non-hydrogen) atoms. The van der Waals surface area contributed by atoms with Crippen molar-refractivity contribution in [3.63, 3.8) is 0 Å². The van der Waals surface area contributed by atoms with Crippen LogP contribution < -0.4 is 16.0 Å². The van der Waals surface area contributed by atoms with E-state index in [9.17, 15) is 0 Å². The molecule has 0 atom stereocenters. The van der Waals surface area contributed by atoms with Crippen LogP contribution in [0.2, 0.25) is 0 Å². The Bertz CT molecular complexity index is 546. The molecule has 3 N–H and O–H groups in total. The predicted molar refractivity (Wildman–Crippen MR) is 116 cm³/mol. The second-order valence-electron chi connectivity index (χ2n) is 11.4. The van der Waals surface area contributed by atoms with Gasteiger partial charge in [-0.05, 0) is 137 Å². The van der Waals surface area contributed by atoms with Gasteiger partial charge in [0, 0.05) is 11.1 Å². The molecule has 3 nitrogen and oxygen atoms in total. The summed E-state index contributed by atoms with van der Waals surface area (Å²) in [6.07, 6.45) is 16.7. The van der Waals surface area contributed by atoms with Gasteiger partial charge in [-0.2, -0.15) is 0 Å². The molecule has 0 amide bonds. The zero-order valence-electron chi connectivity index (χ0n) is 16.3.